The Balaban J connectivity index is 2.26. The SMILES string of the molecule is CCC[C@H]1O[C@@]23CCCC[C@H]2[C@](C#N)(C(=N)O3)C1(C#N)C#N. The first-order valence-corrected chi connectivity index (χ1v) is 7.76. The second kappa shape index (κ2) is 4.70. The molecule has 2 aliphatic heterocycles. The Labute approximate surface area is 129 Å². The largest absolute Gasteiger partial charge is 0.447 e. The standard InChI is InChI=1S/C16H18N4O2/c1-2-5-12-14(8-17,9-18)15(10-19)11-6-3-4-7-16(11,21-12)22-13(15)20/h11-12,20H,2-7H2,1H3/t11-,12+,15+,16+/m0/s1. The van der Waals surface area contributed by atoms with Crippen LogP contribution in [-0.4, -0.2) is 17.8 Å². The van der Waals surface area contributed by atoms with Crippen LogP contribution in [0.5, 0.6) is 0 Å². The molecule has 0 radical (unpaired) electrons. The maximum Gasteiger partial charge on any atom is 0.217 e. The van der Waals surface area contributed by atoms with Crippen LogP contribution in [0.3, 0.4) is 0 Å². The number of nitrogens with zero attached hydrogens (tertiary/aromatic N) is 3. The van der Waals surface area contributed by atoms with Crippen molar-refractivity contribution < 1.29 is 9.47 Å². The molecule has 0 aromatic carbocycles. The van der Waals surface area contributed by atoms with Gasteiger partial charge in [-0.15, -0.1) is 0 Å². The summed E-state index contributed by atoms with van der Waals surface area (Å²) in [5.41, 5.74) is -3.20. The first kappa shape index (κ1) is 14.8. The van der Waals surface area contributed by atoms with Crippen molar-refractivity contribution in [2.24, 2.45) is 16.7 Å². The molecule has 3 fully saturated rings. The van der Waals surface area contributed by atoms with Crippen molar-refractivity contribution in [3.8, 4) is 18.2 Å². The molecule has 114 valence electrons. The Morgan fingerprint density at radius 1 is 1.23 bits per heavy atom. The van der Waals surface area contributed by atoms with Gasteiger partial charge in [0.2, 0.25) is 11.7 Å². The van der Waals surface area contributed by atoms with E-state index in [-0.39, 0.29) is 5.90 Å². The molecule has 2 saturated heterocycles. The van der Waals surface area contributed by atoms with Gasteiger partial charge in [-0.2, -0.15) is 15.8 Å². The average molecular weight is 298 g/mol. The van der Waals surface area contributed by atoms with E-state index in [0.717, 1.165) is 19.3 Å². The highest BCUT2D eigenvalue weighted by molar-refractivity contribution is 5.89. The van der Waals surface area contributed by atoms with Crippen LogP contribution in [0.2, 0.25) is 0 Å². The maximum absolute atomic E-state index is 9.93. The molecule has 6 nitrogen and oxygen atoms in total. The highest BCUT2D eigenvalue weighted by Crippen LogP contribution is 2.66. The number of rotatable bonds is 2. The molecular weight excluding hydrogens is 280 g/mol. The maximum atomic E-state index is 9.93. The minimum atomic E-state index is -1.68. The van der Waals surface area contributed by atoms with Crippen molar-refractivity contribution in [2.75, 3.05) is 0 Å². The summed E-state index contributed by atoms with van der Waals surface area (Å²) >= 11 is 0. The van der Waals surface area contributed by atoms with Gasteiger partial charge in [0.1, 0.15) is 0 Å². The van der Waals surface area contributed by atoms with Gasteiger partial charge < -0.3 is 9.47 Å². The molecule has 0 aromatic rings. The van der Waals surface area contributed by atoms with Crippen LogP contribution in [-0.2, 0) is 9.47 Å². The molecule has 3 rings (SSSR count). The van der Waals surface area contributed by atoms with Crippen LogP contribution in [0.25, 0.3) is 0 Å². The molecule has 1 saturated carbocycles. The molecule has 0 unspecified atom stereocenters. The summed E-state index contributed by atoms with van der Waals surface area (Å²) in [5.74, 6) is -1.68. The van der Waals surface area contributed by atoms with E-state index in [1.54, 1.807) is 0 Å². The lowest BCUT2D eigenvalue weighted by molar-refractivity contribution is -0.292. The summed E-state index contributed by atoms with van der Waals surface area (Å²) < 4.78 is 11.9. The van der Waals surface area contributed by atoms with Gasteiger partial charge in [-0.25, -0.2) is 0 Å². The van der Waals surface area contributed by atoms with E-state index in [1.807, 2.05) is 6.92 Å². The summed E-state index contributed by atoms with van der Waals surface area (Å²) in [6, 6.07) is 6.26. The summed E-state index contributed by atoms with van der Waals surface area (Å²) in [4.78, 5) is 0. The van der Waals surface area contributed by atoms with E-state index in [0.29, 0.717) is 19.3 Å². The zero-order valence-electron chi connectivity index (χ0n) is 12.6. The zero-order chi connectivity index (χ0) is 16.0. The normalized spacial score (nSPS) is 41.5. The summed E-state index contributed by atoms with van der Waals surface area (Å²) in [5, 5.41) is 37.8. The van der Waals surface area contributed by atoms with Crippen LogP contribution >= 0.6 is 0 Å². The molecule has 3 aliphatic rings. The predicted molar refractivity (Wildman–Crippen MR) is 75.0 cm³/mol. The summed E-state index contributed by atoms with van der Waals surface area (Å²) in [7, 11) is 0. The van der Waals surface area contributed by atoms with Crippen molar-refractivity contribution in [3.63, 3.8) is 0 Å². The number of hydrogen-bond donors (Lipinski definition) is 1. The van der Waals surface area contributed by atoms with E-state index in [2.05, 4.69) is 18.2 Å². The van der Waals surface area contributed by atoms with Gasteiger partial charge in [0.15, 0.2) is 10.8 Å². The van der Waals surface area contributed by atoms with Crippen molar-refractivity contribution >= 4 is 5.90 Å². The van der Waals surface area contributed by atoms with Gasteiger partial charge in [-0.3, -0.25) is 5.41 Å². The summed E-state index contributed by atoms with van der Waals surface area (Å²) in [6.45, 7) is 1.95. The Morgan fingerprint density at radius 3 is 2.55 bits per heavy atom. The highest BCUT2D eigenvalue weighted by Gasteiger charge is 2.79. The first-order valence-electron chi connectivity index (χ1n) is 7.76. The van der Waals surface area contributed by atoms with Crippen molar-refractivity contribution in [3.05, 3.63) is 0 Å². The Morgan fingerprint density at radius 2 is 1.95 bits per heavy atom. The minimum absolute atomic E-state index is 0.261. The van der Waals surface area contributed by atoms with Crippen LogP contribution < -0.4 is 0 Å². The lowest BCUT2D eigenvalue weighted by Gasteiger charge is -2.51. The van der Waals surface area contributed by atoms with E-state index >= 15 is 0 Å². The number of hydrogen-bond acceptors (Lipinski definition) is 6. The molecule has 1 aliphatic carbocycles. The molecule has 0 spiro atoms. The van der Waals surface area contributed by atoms with Crippen LogP contribution in [0.1, 0.15) is 45.4 Å². The Kier molecular flexibility index (Phi) is 3.17. The molecule has 0 amide bonds. The number of nitrogens with one attached hydrogen (secondary N) is 1. The minimum Gasteiger partial charge on any atom is -0.447 e. The first-order chi connectivity index (χ1) is 10.6. The van der Waals surface area contributed by atoms with Gasteiger partial charge >= 0.3 is 0 Å². The zero-order valence-corrected chi connectivity index (χ0v) is 12.6. The predicted octanol–water partition coefficient (Wildman–Crippen LogP) is 2.62. The van der Waals surface area contributed by atoms with Gasteiger partial charge in [-0.1, -0.05) is 19.8 Å². The van der Waals surface area contributed by atoms with E-state index in [1.165, 1.54) is 0 Å². The van der Waals surface area contributed by atoms with Crippen LogP contribution in [0, 0.1) is 56.2 Å². The Hall–Kier alpha value is -2.10. The van der Waals surface area contributed by atoms with Gasteiger partial charge in [0, 0.05) is 6.42 Å². The fraction of sp³-hybridized carbons (Fsp3) is 0.750. The number of nitriles is 3. The molecule has 22 heavy (non-hydrogen) atoms. The van der Waals surface area contributed by atoms with E-state index < -0.39 is 28.6 Å². The third-order valence-corrected chi connectivity index (χ3v) is 5.48. The third-order valence-electron chi connectivity index (χ3n) is 5.48. The van der Waals surface area contributed by atoms with Crippen molar-refractivity contribution in [2.45, 2.75) is 57.3 Å². The molecule has 6 heteroatoms. The van der Waals surface area contributed by atoms with E-state index in [4.69, 9.17) is 14.9 Å². The lowest BCUT2D eigenvalue weighted by atomic mass is 9.52. The second-order valence-electron chi connectivity index (χ2n) is 6.39. The average Bonchev–Trinajstić information content (AvgIpc) is 2.74. The monoisotopic (exact) mass is 298 g/mol. The van der Waals surface area contributed by atoms with Crippen molar-refractivity contribution in [1.29, 1.82) is 21.2 Å². The fourth-order valence-electron chi connectivity index (χ4n) is 4.50. The van der Waals surface area contributed by atoms with Crippen LogP contribution in [0.4, 0.5) is 0 Å². The Bertz CT molecular complexity index is 626. The molecule has 0 aromatic heterocycles. The molecular formula is C16H18N4O2. The third kappa shape index (κ3) is 1.38. The van der Waals surface area contributed by atoms with Crippen molar-refractivity contribution in [1.82, 2.24) is 0 Å². The molecule has 4 atom stereocenters. The van der Waals surface area contributed by atoms with Gasteiger partial charge in [0.05, 0.1) is 30.2 Å². The van der Waals surface area contributed by atoms with E-state index in [9.17, 15) is 15.8 Å². The lowest BCUT2D eigenvalue weighted by Crippen LogP contribution is -2.63. The molecule has 2 heterocycles. The smallest absolute Gasteiger partial charge is 0.217 e. The molecule has 2 bridgehead atoms. The van der Waals surface area contributed by atoms with Gasteiger partial charge in [-0.05, 0) is 19.3 Å². The number of ether oxygens (including phenoxy) is 2. The summed E-state index contributed by atoms with van der Waals surface area (Å²) in [6.07, 6.45) is 3.55. The highest BCUT2D eigenvalue weighted by atomic mass is 16.7. The van der Waals surface area contributed by atoms with Crippen LogP contribution in [0.15, 0.2) is 0 Å². The second-order valence-corrected chi connectivity index (χ2v) is 6.39. The fourth-order valence-corrected chi connectivity index (χ4v) is 4.50. The molecule has 1 N–H and O–H groups in total. The van der Waals surface area contributed by atoms with Gasteiger partial charge in [0.25, 0.3) is 0 Å². The quantitative estimate of drug-likeness (QED) is 0.841. The topological polar surface area (TPSA) is 114 Å².